The van der Waals surface area contributed by atoms with Gasteiger partial charge in [-0.1, -0.05) is 41.4 Å². The minimum Gasteiger partial charge on any atom is -0.350 e. The second kappa shape index (κ2) is 7.99. The summed E-state index contributed by atoms with van der Waals surface area (Å²) in [6.07, 6.45) is 0. The van der Waals surface area contributed by atoms with Crippen LogP contribution in [0.2, 0.25) is 10.0 Å². The third-order valence-corrected chi connectivity index (χ3v) is 3.79. The van der Waals surface area contributed by atoms with Gasteiger partial charge < -0.3 is 10.2 Å². The number of benzene rings is 2. The fraction of sp³-hybridized carbons (Fsp3) is 0.176. The number of nitrogens with zero attached hydrogens (tertiary/aromatic N) is 1. The quantitative estimate of drug-likeness (QED) is 0.891. The summed E-state index contributed by atoms with van der Waals surface area (Å²) in [6, 6.07) is 13.8. The fourth-order valence-electron chi connectivity index (χ4n) is 2.13. The molecule has 2 aromatic carbocycles. The minimum atomic E-state index is -0.241. The molecule has 0 spiro atoms. The molecule has 1 N–H and O–H groups in total. The summed E-state index contributed by atoms with van der Waals surface area (Å²) in [6.45, 7) is 2.09. The zero-order valence-corrected chi connectivity index (χ0v) is 14.1. The molecule has 0 unspecified atom stereocenters. The lowest BCUT2D eigenvalue weighted by molar-refractivity contribution is -0.116. The molecule has 0 bridgehead atoms. The molecule has 0 fully saturated rings. The molecule has 0 heterocycles. The number of hydrogen-bond donors (Lipinski definition) is 1. The van der Waals surface area contributed by atoms with Crippen LogP contribution in [-0.2, 0) is 4.79 Å². The van der Waals surface area contributed by atoms with Crippen LogP contribution in [0.25, 0.3) is 0 Å². The number of anilines is 1. The van der Waals surface area contributed by atoms with Gasteiger partial charge in [0, 0.05) is 30.6 Å². The van der Waals surface area contributed by atoms with Gasteiger partial charge in [-0.05, 0) is 30.3 Å². The molecule has 6 heteroatoms. The molecule has 4 nitrogen and oxygen atoms in total. The molecule has 2 amide bonds. The van der Waals surface area contributed by atoms with Gasteiger partial charge in [-0.3, -0.25) is 9.59 Å². The summed E-state index contributed by atoms with van der Waals surface area (Å²) >= 11 is 12.0. The van der Waals surface area contributed by atoms with Crippen molar-refractivity contribution in [2.45, 2.75) is 6.92 Å². The monoisotopic (exact) mass is 350 g/mol. The van der Waals surface area contributed by atoms with Crippen LogP contribution >= 0.6 is 23.2 Å². The summed E-state index contributed by atoms with van der Waals surface area (Å²) in [7, 11) is 0. The number of carbonyl (C=O) groups excluding carboxylic acids is 2. The molecular weight excluding hydrogens is 335 g/mol. The Bertz CT molecular complexity index is 719. The highest BCUT2D eigenvalue weighted by molar-refractivity contribution is 6.33. The summed E-state index contributed by atoms with van der Waals surface area (Å²) in [5.41, 5.74) is 1.10. The van der Waals surface area contributed by atoms with E-state index in [-0.39, 0.29) is 11.8 Å². The van der Waals surface area contributed by atoms with Gasteiger partial charge in [0.1, 0.15) is 0 Å². The van der Waals surface area contributed by atoms with Crippen molar-refractivity contribution in [1.82, 2.24) is 5.32 Å². The van der Waals surface area contributed by atoms with E-state index < -0.39 is 0 Å². The molecule has 0 radical (unpaired) electrons. The Hall–Kier alpha value is -2.04. The molecule has 0 saturated carbocycles. The molecule has 2 rings (SSSR count). The summed E-state index contributed by atoms with van der Waals surface area (Å²) in [5, 5.41) is 3.76. The van der Waals surface area contributed by atoms with Crippen LogP contribution in [0.4, 0.5) is 5.69 Å². The maximum Gasteiger partial charge on any atom is 0.251 e. The van der Waals surface area contributed by atoms with Gasteiger partial charge in [0.25, 0.3) is 5.91 Å². The standard InChI is InChI=1S/C17H16Cl2N2O2/c1-12(22)21(16-8-3-2-7-15(16)19)10-9-20-17(23)13-5-4-6-14(18)11-13/h2-8,11H,9-10H2,1H3,(H,20,23). The van der Waals surface area contributed by atoms with E-state index in [2.05, 4.69) is 5.32 Å². The predicted octanol–water partition coefficient (Wildman–Crippen LogP) is 3.78. The molecule has 0 saturated heterocycles. The minimum absolute atomic E-state index is 0.143. The van der Waals surface area contributed by atoms with E-state index >= 15 is 0 Å². The molecule has 0 aromatic heterocycles. The van der Waals surface area contributed by atoms with Crippen molar-refractivity contribution in [3.8, 4) is 0 Å². The Balaban J connectivity index is 1.99. The lowest BCUT2D eigenvalue weighted by Crippen LogP contribution is -2.37. The first-order chi connectivity index (χ1) is 11.0. The number of hydrogen-bond acceptors (Lipinski definition) is 2. The number of rotatable bonds is 5. The number of nitrogens with one attached hydrogen (secondary N) is 1. The van der Waals surface area contributed by atoms with E-state index in [1.165, 1.54) is 11.8 Å². The van der Waals surface area contributed by atoms with Gasteiger partial charge in [0.2, 0.25) is 5.91 Å². The lowest BCUT2D eigenvalue weighted by atomic mass is 10.2. The smallest absolute Gasteiger partial charge is 0.251 e. The van der Waals surface area contributed by atoms with Crippen LogP contribution in [0, 0.1) is 0 Å². The van der Waals surface area contributed by atoms with Crippen LogP contribution in [0.3, 0.4) is 0 Å². The Morgan fingerprint density at radius 1 is 1.09 bits per heavy atom. The maximum absolute atomic E-state index is 12.1. The molecule has 2 aromatic rings. The third kappa shape index (κ3) is 4.71. The molecule has 0 aliphatic heterocycles. The van der Waals surface area contributed by atoms with E-state index in [4.69, 9.17) is 23.2 Å². The topological polar surface area (TPSA) is 49.4 Å². The summed E-state index contributed by atoms with van der Waals surface area (Å²) in [5.74, 6) is -0.384. The number of para-hydroxylation sites is 1. The summed E-state index contributed by atoms with van der Waals surface area (Å²) < 4.78 is 0. The average Bonchev–Trinajstić information content (AvgIpc) is 2.52. The van der Waals surface area contributed by atoms with Crippen molar-refractivity contribution in [2.24, 2.45) is 0 Å². The molecule has 23 heavy (non-hydrogen) atoms. The number of amides is 2. The predicted molar refractivity (Wildman–Crippen MR) is 93.3 cm³/mol. The van der Waals surface area contributed by atoms with Crippen LogP contribution in [0.1, 0.15) is 17.3 Å². The first-order valence-electron chi connectivity index (χ1n) is 7.05. The second-order valence-corrected chi connectivity index (χ2v) is 5.73. The van der Waals surface area contributed by atoms with Gasteiger partial charge in [-0.2, -0.15) is 0 Å². The number of carbonyl (C=O) groups is 2. The molecule has 0 atom stereocenters. The average molecular weight is 351 g/mol. The lowest BCUT2D eigenvalue weighted by Gasteiger charge is -2.22. The normalized spacial score (nSPS) is 10.2. The van der Waals surface area contributed by atoms with Crippen molar-refractivity contribution in [3.63, 3.8) is 0 Å². The van der Waals surface area contributed by atoms with Crippen molar-refractivity contribution in [2.75, 3.05) is 18.0 Å². The molecule has 120 valence electrons. The van der Waals surface area contributed by atoms with E-state index in [0.29, 0.717) is 34.4 Å². The fourth-order valence-corrected chi connectivity index (χ4v) is 2.56. The van der Waals surface area contributed by atoms with Crippen LogP contribution in [0.15, 0.2) is 48.5 Å². The van der Waals surface area contributed by atoms with Crippen molar-refractivity contribution < 1.29 is 9.59 Å². The van der Waals surface area contributed by atoms with E-state index in [0.717, 1.165) is 0 Å². The highest BCUT2D eigenvalue weighted by Gasteiger charge is 2.14. The SMILES string of the molecule is CC(=O)N(CCNC(=O)c1cccc(Cl)c1)c1ccccc1Cl. The third-order valence-electron chi connectivity index (χ3n) is 3.23. The second-order valence-electron chi connectivity index (χ2n) is 4.89. The Labute approximate surface area is 145 Å². The highest BCUT2D eigenvalue weighted by Crippen LogP contribution is 2.24. The van der Waals surface area contributed by atoms with Gasteiger partial charge in [-0.25, -0.2) is 0 Å². The van der Waals surface area contributed by atoms with E-state index in [1.807, 2.05) is 6.07 Å². The van der Waals surface area contributed by atoms with Crippen molar-refractivity contribution in [1.29, 1.82) is 0 Å². The van der Waals surface area contributed by atoms with Crippen LogP contribution < -0.4 is 10.2 Å². The molecule has 0 aliphatic carbocycles. The van der Waals surface area contributed by atoms with Crippen LogP contribution in [-0.4, -0.2) is 24.9 Å². The molecule has 0 aliphatic rings. The van der Waals surface area contributed by atoms with E-state index in [9.17, 15) is 9.59 Å². The van der Waals surface area contributed by atoms with Crippen LogP contribution in [0.5, 0.6) is 0 Å². The Kier molecular flexibility index (Phi) is 6.02. The Morgan fingerprint density at radius 2 is 1.83 bits per heavy atom. The highest BCUT2D eigenvalue weighted by atomic mass is 35.5. The van der Waals surface area contributed by atoms with Crippen molar-refractivity contribution >= 4 is 40.7 Å². The van der Waals surface area contributed by atoms with Crippen molar-refractivity contribution in [3.05, 3.63) is 64.1 Å². The first kappa shape index (κ1) is 17.3. The summed E-state index contributed by atoms with van der Waals surface area (Å²) in [4.78, 5) is 25.4. The maximum atomic E-state index is 12.1. The van der Waals surface area contributed by atoms with Gasteiger partial charge in [0.15, 0.2) is 0 Å². The van der Waals surface area contributed by atoms with Gasteiger partial charge in [-0.15, -0.1) is 0 Å². The molecular formula is C17H16Cl2N2O2. The number of halogens is 2. The van der Waals surface area contributed by atoms with Gasteiger partial charge in [0.05, 0.1) is 10.7 Å². The zero-order chi connectivity index (χ0) is 16.8. The largest absolute Gasteiger partial charge is 0.350 e. The van der Waals surface area contributed by atoms with E-state index in [1.54, 1.807) is 42.5 Å². The first-order valence-corrected chi connectivity index (χ1v) is 7.81. The van der Waals surface area contributed by atoms with Gasteiger partial charge >= 0.3 is 0 Å². The Morgan fingerprint density at radius 3 is 2.48 bits per heavy atom. The zero-order valence-electron chi connectivity index (χ0n) is 12.6.